The quantitative estimate of drug-likeness (QED) is 0.665. The van der Waals surface area contributed by atoms with Crippen LogP contribution in [0.5, 0.6) is 0 Å². The van der Waals surface area contributed by atoms with Crippen molar-refractivity contribution < 1.29 is 0 Å². The van der Waals surface area contributed by atoms with E-state index in [-0.39, 0.29) is 0 Å². The van der Waals surface area contributed by atoms with Gasteiger partial charge in [-0.1, -0.05) is 6.42 Å². The van der Waals surface area contributed by atoms with Crippen molar-refractivity contribution in [1.82, 2.24) is 10.2 Å². The molecule has 3 rings (SSSR count). The number of aliphatic imine (C=N–C) groups is 1. The molecule has 1 N–H and O–H groups in total. The smallest absolute Gasteiger partial charge is 0.193 e. The Morgan fingerprint density at radius 3 is 2.79 bits per heavy atom. The Morgan fingerprint density at radius 1 is 1.42 bits per heavy atom. The van der Waals surface area contributed by atoms with Gasteiger partial charge in [0.1, 0.15) is 0 Å². The summed E-state index contributed by atoms with van der Waals surface area (Å²) in [6, 6.07) is 4.39. The summed E-state index contributed by atoms with van der Waals surface area (Å²) in [6.45, 7) is 5.43. The lowest BCUT2D eigenvalue weighted by atomic mass is 9.68. The van der Waals surface area contributed by atoms with Crippen LogP contribution < -0.4 is 5.32 Å². The Morgan fingerprint density at radius 2 is 2.26 bits per heavy atom. The second kappa shape index (κ2) is 5.16. The predicted molar refractivity (Wildman–Crippen MR) is 81.7 cm³/mol. The van der Waals surface area contributed by atoms with Gasteiger partial charge in [0.25, 0.3) is 0 Å². The molecule has 1 aliphatic carbocycles. The molecular weight excluding hydrogens is 254 g/mol. The number of thiophene rings is 1. The second-order valence-electron chi connectivity index (χ2n) is 5.94. The molecule has 0 aromatic carbocycles. The molecule has 19 heavy (non-hydrogen) atoms. The first-order valence-corrected chi connectivity index (χ1v) is 8.03. The monoisotopic (exact) mass is 277 g/mol. The first kappa shape index (κ1) is 13.0. The first-order valence-electron chi connectivity index (χ1n) is 7.22. The average molecular weight is 277 g/mol. The maximum absolute atomic E-state index is 4.45. The molecule has 0 atom stereocenters. The Kier molecular flexibility index (Phi) is 3.52. The van der Waals surface area contributed by atoms with Crippen LogP contribution in [0.3, 0.4) is 0 Å². The Bertz CT molecular complexity index is 473. The lowest BCUT2D eigenvalue weighted by Crippen LogP contribution is -2.42. The molecule has 4 heteroatoms. The van der Waals surface area contributed by atoms with Crippen molar-refractivity contribution in [3.63, 3.8) is 0 Å². The summed E-state index contributed by atoms with van der Waals surface area (Å²) in [5.74, 6) is 1.08. The minimum absolute atomic E-state index is 0.636. The van der Waals surface area contributed by atoms with E-state index in [1.54, 1.807) is 0 Å². The van der Waals surface area contributed by atoms with Gasteiger partial charge in [0.05, 0.1) is 6.54 Å². The highest BCUT2D eigenvalue weighted by Crippen LogP contribution is 2.47. The van der Waals surface area contributed by atoms with E-state index in [1.165, 1.54) is 48.5 Å². The van der Waals surface area contributed by atoms with Gasteiger partial charge in [-0.2, -0.15) is 0 Å². The van der Waals surface area contributed by atoms with Crippen LogP contribution in [0.15, 0.2) is 17.1 Å². The van der Waals surface area contributed by atoms with Gasteiger partial charge in [-0.15, -0.1) is 11.3 Å². The number of nitrogens with zero attached hydrogens (tertiary/aromatic N) is 2. The summed E-state index contributed by atoms with van der Waals surface area (Å²) in [6.07, 6.45) is 5.62. The number of guanidine groups is 1. The van der Waals surface area contributed by atoms with E-state index in [0.717, 1.165) is 12.5 Å². The van der Waals surface area contributed by atoms with Gasteiger partial charge in [-0.05, 0) is 43.7 Å². The third-order valence-corrected chi connectivity index (χ3v) is 5.58. The summed E-state index contributed by atoms with van der Waals surface area (Å²) < 4.78 is 0. The summed E-state index contributed by atoms with van der Waals surface area (Å²) in [5, 5.41) is 3.51. The summed E-state index contributed by atoms with van der Waals surface area (Å²) in [7, 11) is 1.90. The number of likely N-dealkylation sites (tertiary alicyclic amines) is 1. The molecule has 1 aromatic heterocycles. The Balaban J connectivity index is 1.56. The number of hydrogen-bond donors (Lipinski definition) is 1. The van der Waals surface area contributed by atoms with Gasteiger partial charge < -0.3 is 10.2 Å². The van der Waals surface area contributed by atoms with E-state index in [0.29, 0.717) is 5.41 Å². The molecule has 1 aliphatic heterocycles. The Labute approximate surface area is 119 Å². The molecule has 0 unspecified atom stereocenters. The minimum atomic E-state index is 0.636. The predicted octanol–water partition coefficient (Wildman–Crippen LogP) is 3.01. The normalized spacial score (nSPS) is 21.8. The van der Waals surface area contributed by atoms with Gasteiger partial charge in [0.2, 0.25) is 0 Å². The summed E-state index contributed by atoms with van der Waals surface area (Å²) >= 11 is 1.86. The number of aryl methyl sites for hydroxylation is 1. The molecule has 1 spiro atoms. The van der Waals surface area contributed by atoms with E-state index in [9.17, 15) is 0 Å². The van der Waals surface area contributed by atoms with Gasteiger partial charge in [0, 0.05) is 29.9 Å². The van der Waals surface area contributed by atoms with Crippen molar-refractivity contribution in [1.29, 1.82) is 0 Å². The molecule has 1 saturated heterocycles. The van der Waals surface area contributed by atoms with Crippen molar-refractivity contribution in [2.45, 2.75) is 39.2 Å². The van der Waals surface area contributed by atoms with E-state index in [4.69, 9.17) is 0 Å². The summed E-state index contributed by atoms with van der Waals surface area (Å²) in [4.78, 5) is 9.66. The maximum Gasteiger partial charge on any atom is 0.193 e. The zero-order chi connectivity index (χ0) is 13.3. The van der Waals surface area contributed by atoms with Crippen LogP contribution in [0, 0.1) is 12.3 Å². The molecule has 1 saturated carbocycles. The molecule has 1 aromatic rings. The van der Waals surface area contributed by atoms with Crippen molar-refractivity contribution in [2.75, 3.05) is 20.1 Å². The van der Waals surface area contributed by atoms with Gasteiger partial charge >= 0.3 is 0 Å². The SMILES string of the molecule is CN=C(NCc1ccc(C)s1)N1CCC2(CCC2)C1. The fourth-order valence-corrected chi connectivity index (χ4v) is 4.11. The molecule has 0 radical (unpaired) electrons. The van der Waals surface area contributed by atoms with Gasteiger partial charge in [0.15, 0.2) is 5.96 Å². The molecular formula is C15H23N3S. The maximum atomic E-state index is 4.45. The number of nitrogens with one attached hydrogen (secondary N) is 1. The minimum Gasteiger partial charge on any atom is -0.351 e. The number of hydrogen-bond acceptors (Lipinski definition) is 2. The molecule has 104 valence electrons. The standard InChI is InChI=1S/C15H23N3S/c1-12-4-5-13(19-12)10-17-14(16-2)18-9-8-15(11-18)6-3-7-15/h4-5H,3,6-11H2,1-2H3,(H,16,17). The van der Waals surface area contributed by atoms with Crippen LogP contribution in [0.25, 0.3) is 0 Å². The fourth-order valence-electron chi connectivity index (χ4n) is 3.28. The molecule has 0 amide bonds. The number of rotatable bonds is 2. The van der Waals surface area contributed by atoms with Crippen LogP contribution in [0.4, 0.5) is 0 Å². The highest BCUT2D eigenvalue weighted by atomic mass is 32.1. The lowest BCUT2D eigenvalue weighted by Gasteiger charge is -2.38. The van der Waals surface area contributed by atoms with E-state index in [1.807, 2.05) is 18.4 Å². The topological polar surface area (TPSA) is 27.6 Å². The third kappa shape index (κ3) is 2.64. The van der Waals surface area contributed by atoms with Gasteiger partial charge in [-0.3, -0.25) is 4.99 Å². The van der Waals surface area contributed by atoms with Crippen LogP contribution in [-0.4, -0.2) is 31.0 Å². The van der Waals surface area contributed by atoms with E-state index >= 15 is 0 Å². The van der Waals surface area contributed by atoms with Crippen LogP contribution >= 0.6 is 11.3 Å². The molecule has 2 fully saturated rings. The highest BCUT2D eigenvalue weighted by Gasteiger charge is 2.43. The highest BCUT2D eigenvalue weighted by molar-refractivity contribution is 7.11. The largest absolute Gasteiger partial charge is 0.351 e. The zero-order valence-corrected chi connectivity index (χ0v) is 12.7. The Hall–Kier alpha value is -1.03. The van der Waals surface area contributed by atoms with E-state index < -0.39 is 0 Å². The lowest BCUT2D eigenvalue weighted by molar-refractivity contribution is 0.151. The van der Waals surface area contributed by atoms with E-state index in [2.05, 4.69) is 34.3 Å². The average Bonchev–Trinajstić information content (AvgIpc) is 2.96. The molecule has 2 aliphatic rings. The van der Waals surface area contributed by atoms with Crippen molar-refractivity contribution in [3.05, 3.63) is 21.9 Å². The molecule has 3 nitrogen and oxygen atoms in total. The molecule has 2 heterocycles. The second-order valence-corrected chi connectivity index (χ2v) is 7.31. The van der Waals surface area contributed by atoms with Crippen molar-refractivity contribution >= 4 is 17.3 Å². The van der Waals surface area contributed by atoms with Crippen LogP contribution in [0.2, 0.25) is 0 Å². The molecule has 0 bridgehead atoms. The van der Waals surface area contributed by atoms with Crippen LogP contribution in [-0.2, 0) is 6.54 Å². The van der Waals surface area contributed by atoms with Gasteiger partial charge in [-0.25, -0.2) is 0 Å². The first-order chi connectivity index (χ1) is 9.21. The third-order valence-electron chi connectivity index (χ3n) is 4.58. The van der Waals surface area contributed by atoms with Crippen LogP contribution in [0.1, 0.15) is 35.4 Å². The van der Waals surface area contributed by atoms with Crippen molar-refractivity contribution in [3.8, 4) is 0 Å². The van der Waals surface area contributed by atoms with Crippen molar-refractivity contribution in [2.24, 2.45) is 10.4 Å². The zero-order valence-electron chi connectivity index (χ0n) is 11.9. The fraction of sp³-hybridized carbons (Fsp3) is 0.667. The summed E-state index contributed by atoms with van der Waals surface area (Å²) in [5.41, 5.74) is 0.636.